The maximum Gasteiger partial charge on any atom is 0.221 e. The summed E-state index contributed by atoms with van der Waals surface area (Å²) < 4.78 is 0. The summed E-state index contributed by atoms with van der Waals surface area (Å²) in [5, 5.41) is 11.2. The molecule has 1 amide bonds. The molecule has 0 heterocycles. The number of nitriles is 1. The first kappa shape index (κ1) is 17.0. The van der Waals surface area contributed by atoms with Crippen molar-refractivity contribution >= 4 is 5.91 Å². The van der Waals surface area contributed by atoms with Crippen molar-refractivity contribution < 1.29 is 4.79 Å². The van der Waals surface area contributed by atoms with E-state index in [2.05, 4.69) is 12.2 Å². The molecule has 0 spiro atoms. The van der Waals surface area contributed by atoms with Crippen molar-refractivity contribution in [3.63, 3.8) is 0 Å². The van der Waals surface area contributed by atoms with E-state index < -0.39 is 0 Å². The van der Waals surface area contributed by atoms with Crippen LogP contribution in [0.4, 0.5) is 0 Å². The summed E-state index contributed by atoms with van der Waals surface area (Å²) in [6.07, 6.45) is 11.9. The second-order valence-corrected chi connectivity index (χ2v) is 5.00. The first-order chi connectivity index (χ1) is 8.70. The Labute approximate surface area is 112 Å². The van der Waals surface area contributed by atoms with Gasteiger partial charge in [0.1, 0.15) is 6.04 Å². The van der Waals surface area contributed by atoms with Gasteiger partial charge in [-0.3, -0.25) is 4.79 Å². The lowest BCUT2D eigenvalue weighted by Gasteiger charge is -2.06. The molecule has 0 fully saturated rings. The van der Waals surface area contributed by atoms with E-state index in [1.54, 1.807) is 6.92 Å². The molecule has 3 nitrogen and oxygen atoms in total. The zero-order valence-corrected chi connectivity index (χ0v) is 12.0. The molecule has 104 valence electrons. The van der Waals surface area contributed by atoms with Crippen LogP contribution in [0, 0.1) is 11.3 Å². The van der Waals surface area contributed by atoms with Gasteiger partial charge in [0.2, 0.25) is 5.91 Å². The third-order valence-electron chi connectivity index (χ3n) is 3.08. The van der Waals surface area contributed by atoms with Gasteiger partial charge >= 0.3 is 0 Å². The van der Waals surface area contributed by atoms with Crippen molar-refractivity contribution in [3.8, 4) is 6.07 Å². The highest BCUT2D eigenvalue weighted by Gasteiger charge is 2.04. The third-order valence-corrected chi connectivity index (χ3v) is 3.08. The van der Waals surface area contributed by atoms with E-state index in [4.69, 9.17) is 5.26 Å². The van der Waals surface area contributed by atoms with Gasteiger partial charge in [0.05, 0.1) is 6.07 Å². The van der Waals surface area contributed by atoms with E-state index in [0.29, 0.717) is 6.42 Å². The molecule has 0 aromatic rings. The van der Waals surface area contributed by atoms with Gasteiger partial charge in [0, 0.05) is 6.42 Å². The molecule has 1 N–H and O–H groups in total. The average molecular weight is 252 g/mol. The first-order valence-corrected chi connectivity index (χ1v) is 7.39. The maximum atomic E-state index is 11.4. The lowest BCUT2D eigenvalue weighted by atomic mass is 10.1. The summed E-state index contributed by atoms with van der Waals surface area (Å²) in [5.74, 6) is 0.00648. The average Bonchev–Trinajstić information content (AvgIpc) is 2.36. The van der Waals surface area contributed by atoms with Crippen LogP contribution in [0.25, 0.3) is 0 Å². The minimum absolute atomic E-state index is 0.00648. The highest BCUT2D eigenvalue weighted by Crippen LogP contribution is 2.10. The van der Waals surface area contributed by atoms with E-state index in [0.717, 1.165) is 12.8 Å². The zero-order valence-electron chi connectivity index (χ0n) is 12.0. The van der Waals surface area contributed by atoms with Gasteiger partial charge in [-0.05, 0) is 13.3 Å². The Kier molecular flexibility index (Phi) is 11.7. The number of carbonyl (C=O) groups excluding carboxylic acids is 1. The SMILES string of the molecule is CCCCCCCCCCCC(=O)NC(C)C#N. The van der Waals surface area contributed by atoms with E-state index in [-0.39, 0.29) is 11.9 Å². The standard InChI is InChI=1S/C15H28N2O/c1-3-4-5-6-7-8-9-10-11-12-15(18)17-14(2)13-16/h14H,3-12H2,1-2H3,(H,17,18). The fraction of sp³-hybridized carbons (Fsp3) is 0.867. The van der Waals surface area contributed by atoms with Crippen LogP contribution in [-0.4, -0.2) is 11.9 Å². The second-order valence-electron chi connectivity index (χ2n) is 5.00. The minimum atomic E-state index is -0.365. The van der Waals surface area contributed by atoms with Crippen molar-refractivity contribution in [1.29, 1.82) is 5.26 Å². The van der Waals surface area contributed by atoms with Gasteiger partial charge in [0.15, 0.2) is 0 Å². The fourth-order valence-corrected chi connectivity index (χ4v) is 1.94. The molecule has 1 atom stereocenters. The zero-order chi connectivity index (χ0) is 13.6. The summed E-state index contributed by atoms with van der Waals surface area (Å²) in [6.45, 7) is 3.94. The molecule has 0 saturated carbocycles. The molecular weight excluding hydrogens is 224 g/mol. The Morgan fingerprint density at radius 2 is 1.56 bits per heavy atom. The van der Waals surface area contributed by atoms with Crippen LogP contribution in [0.5, 0.6) is 0 Å². The molecule has 0 aromatic carbocycles. The Hall–Kier alpha value is -1.04. The van der Waals surface area contributed by atoms with Crippen LogP contribution in [0.1, 0.15) is 78.1 Å². The molecule has 0 aliphatic rings. The van der Waals surface area contributed by atoms with Gasteiger partial charge in [0.25, 0.3) is 0 Å². The quantitative estimate of drug-likeness (QED) is 0.566. The number of nitrogens with one attached hydrogen (secondary N) is 1. The Morgan fingerprint density at radius 1 is 1.06 bits per heavy atom. The molecule has 0 rings (SSSR count). The molecule has 0 saturated heterocycles. The molecule has 0 aliphatic heterocycles. The van der Waals surface area contributed by atoms with Gasteiger partial charge in [-0.2, -0.15) is 5.26 Å². The van der Waals surface area contributed by atoms with Crippen LogP contribution in [0.3, 0.4) is 0 Å². The summed E-state index contributed by atoms with van der Waals surface area (Å²) in [5.41, 5.74) is 0. The van der Waals surface area contributed by atoms with Crippen molar-refractivity contribution in [3.05, 3.63) is 0 Å². The molecule has 0 aromatic heterocycles. The monoisotopic (exact) mass is 252 g/mol. The smallest absolute Gasteiger partial charge is 0.221 e. The van der Waals surface area contributed by atoms with Gasteiger partial charge in [-0.1, -0.05) is 58.3 Å². The Balaban J connectivity index is 3.20. The Bertz CT molecular complexity index is 245. The van der Waals surface area contributed by atoms with Crippen LogP contribution in [-0.2, 0) is 4.79 Å². The summed E-state index contributed by atoms with van der Waals surface area (Å²) in [6, 6.07) is 1.63. The second kappa shape index (κ2) is 12.4. The summed E-state index contributed by atoms with van der Waals surface area (Å²) in [7, 11) is 0. The number of amides is 1. The maximum absolute atomic E-state index is 11.4. The van der Waals surface area contributed by atoms with E-state index in [9.17, 15) is 4.79 Å². The number of hydrogen-bond acceptors (Lipinski definition) is 2. The first-order valence-electron chi connectivity index (χ1n) is 7.39. The number of hydrogen-bond donors (Lipinski definition) is 1. The Morgan fingerprint density at radius 3 is 2.06 bits per heavy atom. The lowest BCUT2D eigenvalue weighted by Crippen LogP contribution is -2.30. The third kappa shape index (κ3) is 11.4. The highest BCUT2D eigenvalue weighted by atomic mass is 16.1. The number of nitrogens with zero attached hydrogens (tertiary/aromatic N) is 1. The number of rotatable bonds is 11. The van der Waals surface area contributed by atoms with Crippen molar-refractivity contribution in [2.45, 2.75) is 84.1 Å². The lowest BCUT2D eigenvalue weighted by molar-refractivity contribution is -0.121. The van der Waals surface area contributed by atoms with Gasteiger partial charge in [-0.25, -0.2) is 0 Å². The number of unbranched alkanes of at least 4 members (excludes halogenated alkanes) is 8. The fourth-order valence-electron chi connectivity index (χ4n) is 1.94. The summed E-state index contributed by atoms with van der Waals surface area (Å²) in [4.78, 5) is 11.4. The minimum Gasteiger partial charge on any atom is -0.341 e. The van der Waals surface area contributed by atoms with Crippen LogP contribution in [0.15, 0.2) is 0 Å². The molecule has 0 bridgehead atoms. The molecule has 0 aliphatic carbocycles. The van der Waals surface area contributed by atoms with Crippen molar-refractivity contribution in [1.82, 2.24) is 5.32 Å². The van der Waals surface area contributed by atoms with Crippen molar-refractivity contribution in [2.75, 3.05) is 0 Å². The molecule has 0 radical (unpaired) electrons. The molecule has 3 heteroatoms. The van der Waals surface area contributed by atoms with Crippen molar-refractivity contribution in [2.24, 2.45) is 0 Å². The normalized spacial score (nSPS) is 11.8. The molecule has 1 unspecified atom stereocenters. The molecule has 18 heavy (non-hydrogen) atoms. The number of carbonyl (C=O) groups is 1. The van der Waals surface area contributed by atoms with E-state index in [1.165, 1.54) is 44.9 Å². The van der Waals surface area contributed by atoms with Crippen LogP contribution < -0.4 is 5.32 Å². The molecular formula is C15H28N2O. The van der Waals surface area contributed by atoms with E-state index >= 15 is 0 Å². The largest absolute Gasteiger partial charge is 0.341 e. The topological polar surface area (TPSA) is 52.9 Å². The van der Waals surface area contributed by atoms with Gasteiger partial charge < -0.3 is 5.32 Å². The highest BCUT2D eigenvalue weighted by molar-refractivity contribution is 5.76. The van der Waals surface area contributed by atoms with Crippen LogP contribution >= 0.6 is 0 Å². The predicted molar refractivity (Wildman–Crippen MR) is 75.1 cm³/mol. The van der Waals surface area contributed by atoms with E-state index in [1.807, 2.05) is 6.07 Å². The van der Waals surface area contributed by atoms with Crippen LogP contribution in [0.2, 0.25) is 0 Å². The predicted octanol–water partition coefficient (Wildman–Crippen LogP) is 3.94. The van der Waals surface area contributed by atoms with Gasteiger partial charge in [-0.15, -0.1) is 0 Å². The summed E-state index contributed by atoms with van der Waals surface area (Å²) >= 11 is 0.